The molecule has 1 aromatic rings. The summed E-state index contributed by atoms with van der Waals surface area (Å²) >= 11 is 0. The molecule has 0 radical (unpaired) electrons. The lowest BCUT2D eigenvalue weighted by Gasteiger charge is -2.13. The molecule has 0 nitrogen and oxygen atoms in total. The van der Waals surface area contributed by atoms with Crippen LogP contribution >= 0.6 is 7.92 Å². The summed E-state index contributed by atoms with van der Waals surface area (Å²) in [5.41, 5.74) is 0. The Morgan fingerprint density at radius 3 is 2.47 bits per heavy atom. The fourth-order valence-corrected chi connectivity index (χ4v) is 2.98. The van der Waals surface area contributed by atoms with E-state index in [1.54, 1.807) is 0 Å². The molecule has 0 heterocycles. The van der Waals surface area contributed by atoms with E-state index >= 15 is 0 Å². The molecule has 0 saturated heterocycles. The number of rotatable bonds is 4. The highest BCUT2D eigenvalue weighted by Crippen LogP contribution is 2.40. The van der Waals surface area contributed by atoms with Crippen LogP contribution in [0.5, 0.6) is 0 Å². The van der Waals surface area contributed by atoms with Crippen LogP contribution < -0.4 is 5.30 Å². The highest BCUT2D eigenvalue weighted by Gasteiger charge is 2.06. The molecular weight excluding hydrogens is 199 g/mol. The van der Waals surface area contributed by atoms with Crippen molar-refractivity contribution >= 4 is 13.2 Å². The van der Waals surface area contributed by atoms with Gasteiger partial charge in [-0.15, -0.1) is 0 Å². The minimum Gasteiger partial charge on any atom is -0.0991 e. The number of hydrogen-bond acceptors (Lipinski definition) is 0. The Hall–Kier alpha value is -1.13. The third-order valence-electron chi connectivity index (χ3n) is 2.23. The molecule has 0 aromatic heterocycles. The van der Waals surface area contributed by atoms with E-state index in [0.717, 1.165) is 0 Å². The summed E-state index contributed by atoms with van der Waals surface area (Å²) < 4.78 is 0. The highest BCUT2D eigenvalue weighted by atomic mass is 31.1. The second kappa shape index (κ2) is 6.37. The Bertz CT molecular complexity index is 360. The minimum atomic E-state index is -0.224. The lowest BCUT2D eigenvalue weighted by Crippen LogP contribution is -1.98. The van der Waals surface area contributed by atoms with Crippen molar-refractivity contribution in [1.29, 1.82) is 0 Å². The second-order valence-corrected chi connectivity index (χ2v) is 5.35. The van der Waals surface area contributed by atoms with E-state index in [-0.39, 0.29) is 7.92 Å². The monoisotopic (exact) mass is 216 g/mol. The van der Waals surface area contributed by atoms with Crippen molar-refractivity contribution in [2.45, 2.75) is 6.92 Å². The van der Waals surface area contributed by atoms with Crippen LogP contribution in [0.3, 0.4) is 0 Å². The number of hydrogen-bond donors (Lipinski definition) is 0. The van der Waals surface area contributed by atoms with Crippen molar-refractivity contribution in [3.8, 4) is 0 Å². The summed E-state index contributed by atoms with van der Waals surface area (Å²) in [6, 6.07) is 10.6. The van der Waals surface area contributed by atoms with Gasteiger partial charge in [0.15, 0.2) is 0 Å². The summed E-state index contributed by atoms with van der Waals surface area (Å²) in [5.74, 6) is 0. The van der Waals surface area contributed by atoms with E-state index in [0.29, 0.717) is 0 Å². The van der Waals surface area contributed by atoms with Crippen LogP contribution in [0.1, 0.15) is 6.92 Å². The van der Waals surface area contributed by atoms with Gasteiger partial charge in [-0.25, -0.2) is 0 Å². The standard InChI is InChI=1S/C14H17P/c1-4-6-10-13(5-2)15(3)14-11-8-7-9-12-14/h4-12H,1H2,2-3H3/b10-6-,13-5+. The molecule has 78 valence electrons. The third-order valence-corrected chi connectivity index (χ3v) is 4.48. The minimum absolute atomic E-state index is 0.224. The molecule has 0 fully saturated rings. The van der Waals surface area contributed by atoms with Crippen LogP contribution in [0.2, 0.25) is 0 Å². The zero-order valence-electron chi connectivity index (χ0n) is 9.35. The van der Waals surface area contributed by atoms with Crippen LogP contribution in [-0.4, -0.2) is 6.66 Å². The van der Waals surface area contributed by atoms with Crippen molar-refractivity contribution in [2.75, 3.05) is 6.66 Å². The SMILES string of the molecule is C=C/C=C\C(=C/C)P(C)c1ccccc1. The third kappa shape index (κ3) is 3.49. The van der Waals surface area contributed by atoms with Gasteiger partial charge >= 0.3 is 0 Å². The van der Waals surface area contributed by atoms with Crippen molar-refractivity contribution < 1.29 is 0 Å². The molecule has 0 aliphatic rings. The van der Waals surface area contributed by atoms with Gasteiger partial charge in [0.25, 0.3) is 0 Å². The lowest BCUT2D eigenvalue weighted by molar-refractivity contribution is 1.68. The Labute approximate surface area is 93.8 Å². The number of allylic oxidation sites excluding steroid dienone is 5. The lowest BCUT2D eigenvalue weighted by atomic mass is 10.4. The molecule has 0 amide bonds. The molecule has 0 bridgehead atoms. The van der Waals surface area contributed by atoms with Gasteiger partial charge in [-0.3, -0.25) is 0 Å². The first kappa shape index (κ1) is 11.9. The quantitative estimate of drug-likeness (QED) is 0.525. The zero-order valence-corrected chi connectivity index (χ0v) is 10.2. The van der Waals surface area contributed by atoms with Gasteiger partial charge in [0.2, 0.25) is 0 Å². The van der Waals surface area contributed by atoms with Gasteiger partial charge in [-0.2, -0.15) is 0 Å². The first-order chi connectivity index (χ1) is 7.29. The molecule has 0 aliphatic carbocycles. The van der Waals surface area contributed by atoms with E-state index in [2.05, 4.69) is 62.7 Å². The summed E-state index contributed by atoms with van der Waals surface area (Å²) in [6.45, 7) is 8.07. The Kier molecular flexibility index (Phi) is 5.07. The van der Waals surface area contributed by atoms with Crippen LogP contribution in [0, 0.1) is 0 Å². The smallest absolute Gasteiger partial charge is 0.0198 e. The maximum atomic E-state index is 3.69. The molecule has 15 heavy (non-hydrogen) atoms. The molecule has 0 aliphatic heterocycles. The predicted octanol–water partition coefficient (Wildman–Crippen LogP) is 4.07. The summed E-state index contributed by atoms with van der Waals surface area (Å²) in [7, 11) is -0.224. The van der Waals surface area contributed by atoms with Crippen LogP contribution in [0.25, 0.3) is 0 Å². The average molecular weight is 216 g/mol. The van der Waals surface area contributed by atoms with Gasteiger partial charge in [0, 0.05) is 0 Å². The second-order valence-electron chi connectivity index (χ2n) is 3.20. The topological polar surface area (TPSA) is 0 Å². The van der Waals surface area contributed by atoms with E-state index in [9.17, 15) is 0 Å². The van der Waals surface area contributed by atoms with E-state index in [1.165, 1.54) is 10.6 Å². The summed E-state index contributed by atoms with van der Waals surface area (Å²) in [6.07, 6.45) is 8.14. The first-order valence-corrected chi connectivity index (χ1v) is 6.82. The van der Waals surface area contributed by atoms with Gasteiger partial charge in [-0.05, 0) is 32.1 Å². The Morgan fingerprint density at radius 1 is 1.27 bits per heavy atom. The van der Waals surface area contributed by atoms with Crippen molar-refractivity contribution in [3.63, 3.8) is 0 Å². The maximum absolute atomic E-state index is 3.69. The van der Waals surface area contributed by atoms with Crippen LogP contribution in [0.15, 0.2) is 66.5 Å². The largest absolute Gasteiger partial charge is 0.0991 e. The molecule has 1 atom stereocenters. The molecule has 0 N–H and O–H groups in total. The Morgan fingerprint density at radius 2 is 1.93 bits per heavy atom. The average Bonchev–Trinajstić information content (AvgIpc) is 2.31. The van der Waals surface area contributed by atoms with E-state index in [4.69, 9.17) is 0 Å². The first-order valence-electron chi connectivity index (χ1n) is 5.03. The summed E-state index contributed by atoms with van der Waals surface area (Å²) in [5, 5.41) is 2.80. The molecule has 0 spiro atoms. The van der Waals surface area contributed by atoms with Gasteiger partial charge < -0.3 is 0 Å². The van der Waals surface area contributed by atoms with Crippen LogP contribution in [-0.2, 0) is 0 Å². The molecule has 0 saturated carbocycles. The molecule has 1 unspecified atom stereocenters. The highest BCUT2D eigenvalue weighted by molar-refractivity contribution is 7.69. The fourth-order valence-electron chi connectivity index (χ4n) is 1.37. The van der Waals surface area contributed by atoms with Crippen molar-refractivity contribution in [2.24, 2.45) is 0 Å². The maximum Gasteiger partial charge on any atom is -0.0198 e. The zero-order chi connectivity index (χ0) is 11.1. The normalized spacial score (nSPS) is 14.1. The van der Waals surface area contributed by atoms with Gasteiger partial charge in [-0.1, -0.05) is 61.2 Å². The van der Waals surface area contributed by atoms with Crippen molar-refractivity contribution in [3.05, 3.63) is 66.5 Å². The van der Waals surface area contributed by atoms with Crippen molar-refractivity contribution in [1.82, 2.24) is 0 Å². The number of benzene rings is 1. The fraction of sp³-hybridized carbons (Fsp3) is 0.143. The van der Waals surface area contributed by atoms with E-state index in [1.807, 2.05) is 12.2 Å². The Balaban J connectivity index is 2.88. The molecular formula is C14H17P. The van der Waals surface area contributed by atoms with Gasteiger partial charge in [0.1, 0.15) is 0 Å². The molecule has 1 heteroatoms. The van der Waals surface area contributed by atoms with Gasteiger partial charge in [0.05, 0.1) is 0 Å². The van der Waals surface area contributed by atoms with Crippen LogP contribution in [0.4, 0.5) is 0 Å². The molecule has 1 aromatic carbocycles. The molecule has 1 rings (SSSR count). The predicted molar refractivity (Wildman–Crippen MR) is 72.0 cm³/mol. The summed E-state index contributed by atoms with van der Waals surface area (Å²) in [4.78, 5) is 0. The van der Waals surface area contributed by atoms with E-state index < -0.39 is 0 Å².